The highest BCUT2D eigenvalue weighted by Crippen LogP contribution is 2.67. The van der Waals surface area contributed by atoms with Gasteiger partial charge in [-0.05, 0) is 6.42 Å². The monoisotopic (exact) mass is 289 g/mol. The highest BCUT2D eigenvalue weighted by molar-refractivity contribution is 7.72. The maximum atomic E-state index is 11.1. The van der Waals surface area contributed by atoms with Crippen LogP contribution in [0.1, 0.15) is 45.4 Å². The summed E-state index contributed by atoms with van der Waals surface area (Å²) in [6.07, 6.45) is 3.38. The van der Waals surface area contributed by atoms with Crippen molar-refractivity contribution in [3.63, 3.8) is 0 Å². The van der Waals surface area contributed by atoms with E-state index in [1.165, 1.54) is 0 Å². The normalized spacial score (nSPS) is 14.0. The summed E-state index contributed by atoms with van der Waals surface area (Å²) >= 11 is 0. The van der Waals surface area contributed by atoms with Crippen LogP contribution >= 0.6 is 15.2 Å². The van der Waals surface area contributed by atoms with Gasteiger partial charge in [0.25, 0.3) is 0 Å². The first-order chi connectivity index (χ1) is 7.56. The van der Waals surface area contributed by atoms with Crippen molar-refractivity contribution < 1.29 is 28.7 Å². The average molecular weight is 289 g/mol. The van der Waals surface area contributed by atoms with Gasteiger partial charge in [-0.2, -0.15) is 0 Å². The molecule has 0 radical (unpaired) electrons. The Labute approximate surface area is 101 Å². The maximum absolute atomic E-state index is 11.1. The van der Waals surface area contributed by atoms with Gasteiger partial charge in [-0.1, -0.05) is 39.0 Å². The van der Waals surface area contributed by atoms with E-state index in [-0.39, 0.29) is 12.8 Å². The van der Waals surface area contributed by atoms with Crippen LogP contribution < -0.4 is 5.73 Å². The van der Waals surface area contributed by atoms with E-state index in [4.69, 9.17) is 25.3 Å². The second-order valence-electron chi connectivity index (χ2n) is 4.13. The minimum Gasteiger partial charge on any atom is -0.323 e. The molecule has 0 heterocycles. The Morgan fingerprint density at radius 2 is 1.35 bits per heavy atom. The van der Waals surface area contributed by atoms with E-state index < -0.39 is 20.2 Å². The Balaban J connectivity index is 4.55. The van der Waals surface area contributed by atoms with Gasteiger partial charge in [0.15, 0.2) is 0 Å². The predicted octanol–water partition coefficient (Wildman–Crippen LogP) is 1.31. The predicted molar refractivity (Wildman–Crippen MR) is 64.4 cm³/mol. The van der Waals surface area contributed by atoms with Crippen LogP contribution in [0.4, 0.5) is 0 Å². The molecule has 0 spiro atoms. The van der Waals surface area contributed by atoms with Gasteiger partial charge in [0, 0.05) is 0 Å². The van der Waals surface area contributed by atoms with Crippen LogP contribution in [0.2, 0.25) is 0 Å². The Bertz CT molecular complexity index is 300. The van der Waals surface area contributed by atoms with Crippen LogP contribution in [0.5, 0.6) is 0 Å². The Morgan fingerprint density at radius 1 is 0.941 bits per heavy atom. The van der Waals surface area contributed by atoms with E-state index in [1.54, 1.807) is 0 Å². The summed E-state index contributed by atoms with van der Waals surface area (Å²) in [6, 6.07) is 0. The van der Waals surface area contributed by atoms with Crippen LogP contribution in [0.25, 0.3) is 0 Å². The molecule has 0 fully saturated rings. The van der Waals surface area contributed by atoms with Crippen LogP contribution in [0, 0.1) is 0 Å². The summed E-state index contributed by atoms with van der Waals surface area (Å²) in [6.45, 7) is 2.01. The zero-order valence-corrected chi connectivity index (χ0v) is 11.6. The van der Waals surface area contributed by atoms with Crippen molar-refractivity contribution in [3.8, 4) is 0 Å². The summed E-state index contributed by atoms with van der Waals surface area (Å²) in [5, 5.41) is -2.74. The first-order valence-electron chi connectivity index (χ1n) is 5.46. The first-order valence-corrected chi connectivity index (χ1v) is 8.69. The zero-order chi connectivity index (χ0) is 13.7. The van der Waals surface area contributed by atoms with Gasteiger partial charge in [-0.3, -0.25) is 9.13 Å². The molecule has 9 heteroatoms. The molecule has 104 valence electrons. The molecule has 0 aliphatic carbocycles. The third-order valence-electron chi connectivity index (χ3n) is 2.66. The second-order valence-corrected chi connectivity index (χ2v) is 8.26. The fourth-order valence-electron chi connectivity index (χ4n) is 1.45. The van der Waals surface area contributed by atoms with Crippen molar-refractivity contribution in [3.05, 3.63) is 0 Å². The minimum atomic E-state index is -5.05. The third kappa shape index (κ3) is 4.79. The molecular formula is C8H21NO6P2. The molecule has 0 rings (SSSR count). The first kappa shape index (κ1) is 17.3. The molecule has 0 aromatic heterocycles. The van der Waals surface area contributed by atoms with E-state index >= 15 is 0 Å². The molecule has 0 aliphatic rings. The molecule has 0 aliphatic heterocycles. The zero-order valence-electron chi connectivity index (χ0n) is 9.82. The molecule has 0 saturated carbocycles. The topological polar surface area (TPSA) is 141 Å². The lowest BCUT2D eigenvalue weighted by Gasteiger charge is -2.30. The van der Waals surface area contributed by atoms with Crippen molar-refractivity contribution in [2.24, 2.45) is 5.73 Å². The van der Waals surface area contributed by atoms with Crippen molar-refractivity contribution in [1.29, 1.82) is 0 Å². The molecule has 0 aromatic carbocycles. The number of nitrogens with two attached hydrogens (primary N) is 1. The summed E-state index contributed by atoms with van der Waals surface area (Å²) in [5.41, 5.74) is 5.24. The Hall–Kier alpha value is 0.260. The largest absolute Gasteiger partial charge is 0.357 e. The number of hydrogen-bond donors (Lipinski definition) is 5. The van der Waals surface area contributed by atoms with Crippen molar-refractivity contribution in [2.75, 3.05) is 0 Å². The molecule has 7 nitrogen and oxygen atoms in total. The molecule has 0 aromatic rings. The quantitative estimate of drug-likeness (QED) is 0.335. The molecule has 0 amide bonds. The van der Waals surface area contributed by atoms with Crippen LogP contribution in [-0.4, -0.2) is 24.6 Å². The van der Waals surface area contributed by atoms with Gasteiger partial charge in [0.1, 0.15) is 0 Å². The highest BCUT2D eigenvalue weighted by Gasteiger charge is 2.56. The standard InChI is InChI=1S/C8H21NO6P2/c1-2-3-4-5-6-7-8(9,16(10,11)12)17(13,14)15/h2-7,9H2,1H3,(H2,10,11,12)(H2,13,14,15). The van der Waals surface area contributed by atoms with Crippen LogP contribution in [0.15, 0.2) is 0 Å². The molecule has 0 unspecified atom stereocenters. The Kier molecular flexibility index (Phi) is 6.53. The molecular weight excluding hydrogens is 268 g/mol. The number of hydrogen-bond acceptors (Lipinski definition) is 3. The summed E-state index contributed by atoms with van der Waals surface area (Å²) < 4.78 is 22.2. The van der Waals surface area contributed by atoms with Crippen LogP contribution in [-0.2, 0) is 9.13 Å². The van der Waals surface area contributed by atoms with Crippen molar-refractivity contribution >= 4 is 15.2 Å². The van der Waals surface area contributed by atoms with E-state index in [9.17, 15) is 9.13 Å². The average Bonchev–Trinajstić information content (AvgIpc) is 2.13. The third-order valence-corrected chi connectivity index (χ3v) is 6.69. The van der Waals surface area contributed by atoms with E-state index in [1.807, 2.05) is 6.92 Å². The second kappa shape index (κ2) is 6.43. The lowest BCUT2D eigenvalue weighted by atomic mass is 10.1. The minimum absolute atomic E-state index is 0.284. The maximum Gasteiger partial charge on any atom is 0.357 e. The van der Waals surface area contributed by atoms with Crippen molar-refractivity contribution in [2.45, 2.75) is 50.5 Å². The number of rotatable bonds is 8. The van der Waals surface area contributed by atoms with E-state index in [0.29, 0.717) is 6.42 Å². The van der Waals surface area contributed by atoms with E-state index in [0.717, 1.165) is 19.3 Å². The molecule has 0 atom stereocenters. The fourth-order valence-corrected chi connectivity index (χ4v) is 3.71. The van der Waals surface area contributed by atoms with Crippen LogP contribution in [0.3, 0.4) is 0 Å². The lowest BCUT2D eigenvalue weighted by molar-refractivity contribution is 0.300. The van der Waals surface area contributed by atoms with Gasteiger partial charge in [0.2, 0.25) is 5.02 Å². The van der Waals surface area contributed by atoms with Gasteiger partial charge in [0.05, 0.1) is 0 Å². The summed E-state index contributed by atoms with van der Waals surface area (Å²) in [7, 11) is -10.1. The molecule has 6 N–H and O–H groups in total. The molecule has 0 bridgehead atoms. The number of unbranched alkanes of at least 4 members (excludes halogenated alkanes) is 4. The van der Waals surface area contributed by atoms with Gasteiger partial charge in [-0.15, -0.1) is 0 Å². The van der Waals surface area contributed by atoms with Gasteiger partial charge < -0.3 is 25.3 Å². The van der Waals surface area contributed by atoms with Gasteiger partial charge >= 0.3 is 15.2 Å². The Morgan fingerprint density at radius 3 is 1.71 bits per heavy atom. The fraction of sp³-hybridized carbons (Fsp3) is 1.00. The SMILES string of the molecule is CCCCCCCC(N)(P(=O)(O)O)P(=O)(O)O. The smallest absolute Gasteiger partial charge is 0.323 e. The lowest BCUT2D eigenvalue weighted by Crippen LogP contribution is -2.39. The van der Waals surface area contributed by atoms with Crippen molar-refractivity contribution in [1.82, 2.24) is 0 Å². The molecule has 17 heavy (non-hydrogen) atoms. The highest BCUT2D eigenvalue weighted by atomic mass is 31.2. The van der Waals surface area contributed by atoms with E-state index in [2.05, 4.69) is 0 Å². The summed E-state index contributed by atoms with van der Waals surface area (Å²) in [5.74, 6) is 0. The van der Waals surface area contributed by atoms with Gasteiger partial charge in [-0.25, -0.2) is 0 Å². The molecule has 0 saturated heterocycles. The summed E-state index contributed by atoms with van der Waals surface area (Å²) in [4.78, 5) is 35.9.